The zero-order valence-corrected chi connectivity index (χ0v) is 76.9. The average Bonchev–Trinajstić information content (AvgIpc) is 1.65. The molecule has 2 saturated carbocycles. The number of halogens is 2. The molecule has 0 aromatic heterocycles. The van der Waals surface area contributed by atoms with E-state index in [0.717, 1.165) is 47.6 Å². The molecule has 20 amide bonds. The van der Waals surface area contributed by atoms with Gasteiger partial charge < -0.3 is 44.7 Å². The maximum atomic E-state index is 12.3. The zero-order chi connectivity index (χ0) is 97.4. The normalized spacial score (nSPS) is 19.2. The highest BCUT2D eigenvalue weighted by atomic mass is 127. The van der Waals surface area contributed by atoms with Crippen LogP contribution in [0.5, 0.6) is 0 Å². The Morgan fingerprint density at radius 1 is 0.348 bits per heavy atom. The summed E-state index contributed by atoms with van der Waals surface area (Å²) in [5.41, 5.74) is 0. The Bertz CT molecular complexity index is 4240. The van der Waals surface area contributed by atoms with Crippen molar-refractivity contribution in [2.45, 2.75) is 240 Å². The van der Waals surface area contributed by atoms with E-state index >= 15 is 0 Å². The van der Waals surface area contributed by atoms with E-state index in [4.69, 9.17) is 29.2 Å². The molecule has 9 aliphatic heterocycles. The first kappa shape index (κ1) is 114. The number of rotatable bonds is 37. The number of aliphatic carboxylic acids is 1. The molecular formula is C85H113BrIN11O34. The van der Waals surface area contributed by atoms with Crippen molar-refractivity contribution < 1.29 is 163 Å². The van der Waals surface area contributed by atoms with Crippen LogP contribution in [0.15, 0.2) is 48.6 Å². The number of carbonyl (C=O) groups is 27. The third kappa shape index (κ3) is 39.4. The highest BCUT2D eigenvalue weighted by Crippen LogP contribution is 2.33. The number of hydrogen-bond donors (Lipinski definition) is 3. The van der Waals surface area contributed by atoms with Crippen molar-refractivity contribution in [3.63, 3.8) is 0 Å². The van der Waals surface area contributed by atoms with Gasteiger partial charge in [0, 0.05) is 184 Å². The Kier molecular flexibility index (Phi) is 52.2. The molecule has 5 saturated heterocycles. The number of amides is 20. The maximum absolute atomic E-state index is 12.3. The minimum atomic E-state index is -1.03. The number of carbonyl (C=O) groups excluding carboxylic acids is 26. The monoisotopic (exact) mass is 2040 g/mol. The van der Waals surface area contributed by atoms with E-state index in [2.05, 4.69) is 31.4 Å². The van der Waals surface area contributed by atoms with E-state index in [-0.39, 0.29) is 195 Å². The molecule has 0 spiro atoms. The summed E-state index contributed by atoms with van der Waals surface area (Å²) in [6.07, 6.45) is 21.8. The maximum Gasteiger partial charge on any atom is 0.336 e. The van der Waals surface area contributed by atoms with Crippen LogP contribution in [-0.4, -0.2) is 266 Å². The summed E-state index contributed by atoms with van der Waals surface area (Å²) in [5.74, 6) is -10.6. The molecule has 2 aliphatic carbocycles. The number of unbranched alkanes of at least 4 members (excludes halogenated alkanes) is 6. The number of hydroxylamine groups is 10. The highest BCUT2D eigenvalue weighted by Gasteiger charge is 2.41. The standard InChI is InChI=1S/C22H28N2O8.C17H21N3O7.C16H18N2O6.C12H17IN2O5.C7H9NO4.C7H7NO4.C2H6.CH3Br.CH4/c25-17-9-10-18(26)23(17)14-15-5-7-16(8-6-15)22(30)31-13-3-1-2-4-21(29)32-24-19(27)11-12-20(24)28;21-12(9-11-19-13(22)5-6-14(19)23)18-10-3-1-2-4-17(26)27-20-15(24)7-8-16(20)25;19-12-5-6-13(20)17(12)9-10-1-3-11(4-2-10)16(23)24-18-14(21)7-8-15(18)22;13-8-9(16)14-7-3-1-2-4-12(19)20-15-10(17)5-6-11(15)18;1-2-7(11)12-8-5(9)3-4-6(8)10;9-5-1-2-6(10)8(5)4-3-7(11)12;2*1-2;/h9-10,15-16H,1-8,11-14H2;5-6H,1-4,7-11H2,(H,18,21);5-6,10-11H,1-4,7-9H2;1-8H2,(H,14,16);2-4H2,1H3;1-2H,3-4H2,(H,11,12);1-2H3;1H3;1H4. The van der Waals surface area contributed by atoms with Crippen LogP contribution in [0.3, 0.4) is 0 Å². The first-order valence-corrected chi connectivity index (χ1v) is 45.9. The van der Waals surface area contributed by atoms with E-state index in [1.54, 1.807) is 6.92 Å². The van der Waals surface area contributed by atoms with Crippen LogP contribution in [0.1, 0.15) is 240 Å². The number of carboxylic acids is 1. The molecule has 45 nitrogen and oxygen atoms in total. The van der Waals surface area contributed by atoms with Crippen molar-refractivity contribution in [3.05, 3.63) is 48.6 Å². The second kappa shape index (κ2) is 60.6. The Labute approximate surface area is 781 Å². The lowest BCUT2D eigenvalue weighted by atomic mass is 9.82. The van der Waals surface area contributed by atoms with Gasteiger partial charge in [-0.15, -0.1) is 25.3 Å². The molecule has 132 heavy (non-hydrogen) atoms. The summed E-state index contributed by atoms with van der Waals surface area (Å²) in [5, 5.41) is 16.4. The molecule has 0 unspecified atom stereocenters. The second-order valence-corrected chi connectivity index (χ2v) is 30.6. The van der Waals surface area contributed by atoms with Crippen molar-refractivity contribution in [1.82, 2.24) is 55.5 Å². The van der Waals surface area contributed by atoms with Crippen LogP contribution in [-0.2, 0) is 158 Å². The first-order valence-electron chi connectivity index (χ1n) is 42.8. The summed E-state index contributed by atoms with van der Waals surface area (Å²) in [6, 6.07) is 0. The lowest BCUT2D eigenvalue weighted by Gasteiger charge is -2.29. The van der Waals surface area contributed by atoms with Gasteiger partial charge in [-0.2, -0.15) is 0 Å². The number of nitrogens with zero attached hydrogens (tertiary/aromatic N) is 9. The molecule has 9 heterocycles. The number of esters is 1. The lowest BCUT2D eigenvalue weighted by molar-refractivity contribution is -0.201. The Balaban J connectivity index is 0.000000416. The van der Waals surface area contributed by atoms with Gasteiger partial charge in [-0.05, 0) is 114 Å². The molecule has 11 rings (SSSR count). The number of ether oxygens (including phenoxy) is 1. The van der Waals surface area contributed by atoms with Gasteiger partial charge in [0.25, 0.3) is 106 Å². The quantitative estimate of drug-likeness (QED) is 0.0259. The van der Waals surface area contributed by atoms with Crippen molar-refractivity contribution in [3.8, 4) is 0 Å². The van der Waals surface area contributed by atoms with Crippen molar-refractivity contribution >= 4 is 198 Å². The molecule has 0 radical (unpaired) electrons. The molecule has 0 aromatic carbocycles. The van der Waals surface area contributed by atoms with E-state index < -0.39 is 119 Å². The van der Waals surface area contributed by atoms with Crippen molar-refractivity contribution in [2.24, 2.45) is 23.7 Å². The molecule has 726 valence electrons. The molecule has 7 fully saturated rings. The molecule has 0 bridgehead atoms. The fourth-order valence-corrected chi connectivity index (χ4v) is 13.5. The van der Waals surface area contributed by atoms with E-state index in [0.29, 0.717) is 139 Å². The Morgan fingerprint density at radius 3 is 0.909 bits per heavy atom. The summed E-state index contributed by atoms with van der Waals surface area (Å²) >= 11 is 4.92. The van der Waals surface area contributed by atoms with Crippen LogP contribution in [0, 0.1) is 23.7 Å². The predicted molar refractivity (Wildman–Crippen MR) is 462 cm³/mol. The van der Waals surface area contributed by atoms with Gasteiger partial charge >= 0.3 is 41.8 Å². The topological polar surface area (TPSA) is 590 Å². The van der Waals surface area contributed by atoms with Gasteiger partial charge in [-0.3, -0.25) is 125 Å². The minimum absolute atomic E-state index is 0. The van der Waals surface area contributed by atoms with Gasteiger partial charge in [0.15, 0.2) is 0 Å². The van der Waals surface area contributed by atoms with Crippen LogP contribution in [0.2, 0.25) is 0 Å². The van der Waals surface area contributed by atoms with Gasteiger partial charge in [0.1, 0.15) is 0 Å². The second-order valence-electron chi connectivity index (χ2n) is 29.9. The molecule has 3 N–H and O–H groups in total. The fraction of sp³-hybridized carbons (Fsp3) is 0.588. The van der Waals surface area contributed by atoms with Crippen LogP contribution < -0.4 is 10.6 Å². The minimum Gasteiger partial charge on any atom is -0.481 e. The molecule has 47 heteroatoms. The van der Waals surface area contributed by atoms with E-state index in [1.165, 1.54) is 46.3 Å². The van der Waals surface area contributed by atoms with E-state index in [1.807, 2.05) is 42.3 Å². The molecular weight excluding hydrogens is 1930 g/mol. The summed E-state index contributed by atoms with van der Waals surface area (Å²) in [7, 11) is 0. The number of nitrogens with one attached hydrogen (secondary N) is 2. The highest BCUT2D eigenvalue weighted by molar-refractivity contribution is 14.1. The summed E-state index contributed by atoms with van der Waals surface area (Å²) in [6.45, 7) is 7.57. The SMILES string of the molecule is C.CBr.CC.CCC(=O)ON1C(=O)CCC1=O.O=C(CCCCCOC(=O)C1CCC(CN2C(=O)C=CC2=O)CC1)ON1C(=O)CCC1=O.O=C(CCN1C(=O)C=CC1=O)NCCCCCC(=O)ON1C(=O)CCC1=O.O=C(CI)NCCCCCC(=O)ON1C(=O)CCC1=O.O=C(O)CCN1C(=O)C=CC1=O.O=C(ON1C(=O)CCC1=O)C1CCC(CN2C(=O)C=CC2=O)CC1. The predicted octanol–water partition coefficient (Wildman–Crippen LogP) is 4.11. The van der Waals surface area contributed by atoms with E-state index in [9.17, 15) is 129 Å². The van der Waals surface area contributed by atoms with Gasteiger partial charge in [-0.1, -0.05) is 79.6 Å². The summed E-state index contributed by atoms with van der Waals surface area (Å²) < 4.78 is 5.78. The third-order valence-electron chi connectivity index (χ3n) is 20.4. The summed E-state index contributed by atoms with van der Waals surface area (Å²) in [4.78, 5) is 334. The van der Waals surface area contributed by atoms with Gasteiger partial charge in [0.05, 0.1) is 29.3 Å². The van der Waals surface area contributed by atoms with Gasteiger partial charge in [0.2, 0.25) is 11.8 Å². The van der Waals surface area contributed by atoms with Crippen LogP contribution in [0.4, 0.5) is 0 Å². The van der Waals surface area contributed by atoms with Crippen LogP contribution in [0.25, 0.3) is 0 Å². The number of alkyl halides is 2. The lowest BCUT2D eigenvalue weighted by Crippen LogP contribution is -2.38. The Morgan fingerprint density at radius 2 is 0.614 bits per heavy atom. The molecule has 11 aliphatic rings. The number of hydrogen-bond acceptors (Lipinski definition) is 33. The smallest absolute Gasteiger partial charge is 0.336 e. The number of carboxylic acid groups (broad SMARTS) is 1. The zero-order valence-electron chi connectivity index (χ0n) is 73.1. The molecule has 0 aromatic rings. The third-order valence-corrected chi connectivity index (χ3v) is 21.1. The Hall–Kier alpha value is -12.3. The van der Waals surface area contributed by atoms with Gasteiger partial charge in [-0.25, -0.2) is 24.0 Å². The average molecular weight is 2040 g/mol. The number of imide groups is 9. The van der Waals surface area contributed by atoms with Crippen molar-refractivity contribution in [2.75, 3.05) is 56.1 Å². The van der Waals surface area contributed by atoms with Crippen LogP contribution >= 0.6 is 38.5 Å². The largest absolute Gasteiger partial charge is 0.481 e. The fourth-order valence-electron chi connectivity index (χ4n) is 13.3. The molecule has 0 atom stereocenters. The first-order chi connectivity index (χ1) is 62.5. The van der Waals surface area contributed by atoms with Crippen molar-refractivity contribution in [1.29, 1.82) is 0 Å².